The zero-order valence-electron chi connectivity index (χ0n) is 17.3. The Balaban J connectivity index is 2.94. The van der Waals surface area contributed by atoms with Gasteiger partial charge in [0, 0.05) is 13.0 Å². The van der Waals surface area contributed by atoms with Crippen molar-refractivity contribution in [3.8, 4) is 0 Å². The summed E-state index contributed by atoms with van der Waals surface area (Å²) in [6.07, 6.45) is 3.49. The van der Waals surface area contributed by atoms with Crippen molar-refractivity contribution in [3.05, 3.63) is 12.7 Å². The first-order chi connectivity index (χ1) is 13.0. The molecule has 3 N–H and O–H groups in total. The zero-order valence-corrected chi connectivity index (χ0v) is 17.3. The Kier molecular flexibility index (Phi) is 8.94. The number of unbranched alkanes of at least 4 members (excludes halogenated alkanes) is 2. The average molecular weight is 399 g/mol. The summed E-state index contributed by atoms with van der Waals surface area (Å²) in [6, 6.07) is -2.02. The molecular formula is C20H34N2O6. The van der Waals surface area contributed by atoms with Gasteiger partial charge in [0.2, 0.25) is 5.91 Å². The molecule has 8 nitrogen and oxygen atoms in total. The zero-order chi connectivity index (χ0) is 21.5. The smallest absolute Gasteiger partial charge is 0.408 e. The van der Waals surface area contributed by atoms with Gasteiger partial charge in [0.25, 0.3) is 0 Å². The maximum atomic E-state index is 13.1. The number of carbonyl (C=O) groups is 3. The molecule has 1 aliphatic rings. The van der Waals surface area contributed by atoms with Crippen molar-refractivity contribution in [2.45, 2.75) is 83.6 Å². The molecule has 2 amide bonds. The Labute approximate surface area is 166 Å². The first kappa shape index (κ1) is 23.9. The van der Waals surface area contributed by atoms with E-state index in [0.717, 1.165) is 24.2 Å². The van der Waals surface area contributed by atoms with E-state index < -0.39 is 41.8 Å². The van der Waals surface area contributed by atoms with E-state index in [4.69, 9.17) is 4.74 Å². The summed E-state index contributed by atoms with van der Waals surface area (Å²) in [6.45, 7) is 10.6. The normalized spacial score (nSPS) is 21.7. The van der Waals surface area contributed by atoms with Gasteiger partial charge in [-0.05, 0) is 46.0 Å². The maximum Gasteiger partial charge on any atom is 0.408 e. The van der Waals surface area contributed by atoms with Gasteiger partial charge in [-0.1, -0.05) is 19.4 Å². The molecule has 0 unspecified atom stereocenters. The molecule has 0 aromatic rings. The molecule has 0 aliphatic carbocycles. The number of β-amino-alcohol motifs (C(OH)–C–C–N with tert-alkyl or cyclic N) is 1. The lowest BCUT2D eigenvalue weighted by Gasteiger charge is -2.31. The molecular weight excluding hydrogens is 364 g/mol. The minimum absolute atomic E-state index is 0.0199. The van der Waals surface area contributed by atoms with Gasteiger partial charge in [0.05, 0.1) is 6.10 Å². The monoisotopic (exact) mass is 398 g/mol. The summed E-state index contributed by atoms with van der Waals surface area (Å²) >= 11 is 0. The van der Waals surface area contributed by atoms with Crippen LogP contribution in [0.15, 0.2) is 12.7 Å². The largest absolute Gasteiger partial charge is 0.480 e. The third-order valence-electron chi connectivity index (χ3n) is 4.67. The number of alkyl carbamates (subject to hydrolysis) is 1. The Bertz CT molecular complexity index is 572. The second kappa shape index (κ2) is 10.5. The van der Waals surface area contributed by atoms with Crippen LogP contribution < -0.4 is 5.32 Å². The fraction of sp³-hybridized carbons (Fsp3) is 0.750. The summed E-state index contributed by atoms with van der Waals surface area (Å²) in [5.74, 6) is -1.90. The molecule has 0 bridgehead atoms. The van der Waals surface area contributed by atoms with E-state index in [1.54, 1.807) is 20.8 Å². The third kappa shape index (κ3) is 7.50. The highest BCUT2D eigenvalue weighted by molar-refractivity contribution is 5.90. The molecule has 0 spiro atoms. The molecule has 1 saturated heterocycles. The number of hydrogen-bond acceptors (Lipinski definition) is 5. The van der Waals surface area contributed by atoms with Crippen LogP contribution in [0.2, 0.25) is 0 Å². The van der Waals surface area contributed by atoms with Crippen LogP contribution >= 0.6 is 0 Å². The number of carboxylic acid groups (broad SMARTS) is 1. The molecule has 28 heavy (non-hydrogen) atoms. The van der Waals surface area contributed by atoms with Gasteiger partial charge < -0.3 is 25.2 Å². The topological polar surface area (TPSA) is 116 Å². The number of nitrogens with one attached hydrogen (secondary N) is 1. The van der Waals surface area contributed by atoms with Gasteiger partial charge in [0.15, 0.2) is 0 Å². The highest BCUT2D eigenvalue weighted by Crippen LogP contribution is 2.23. The van der Waals surface area contributed by atoms with E-state index >= 15 is 0 Å². The molecule has 160 valence electrons. The minimum Gasteiger partial charge on any atom is -0.480 e. The van der Waals surface area contributed by atoms with Gasteiger partial charge >= 0.3 is 12.1 Å². The summed E-state index contributed by atoms with van der Waals surface area (Å²) in [5, 5.41) is 21.8. The van der Waals surface area contributed by atoms with E-state index in [1.807, 2.05) is 13.0 Å². The van der Waals surface area contributed by atoms with Gasteiger partial charge in [-0.3, -0.25) is 4.79 Å². The van der Waals surface area contributed by atoms with Crippen molar-refractivity contribution in [2.24, 2.45) is 5.92 Å². The number of aliphatic hydroxyl groups is 1. The van der Waals surface area contributed by atoms with Gasteiger partial charge in [0.1, 0.15) is 17.7 Å². The van der Waals surface area contributed by atoms with E-state index in [2.05, 4.69) is 11.9 Å². The highest BCUT2D eigenvalue weighted by Gasteiger charge is 2.43. The molecule has 1 rings (SSSR count). The van der Waals surface area contributed by atoms with Crippen molar-refractivity contribution in [1.29, 1.82) is 0 Å². The van der Waals surface area contributed by atoms with E-state index in [9.17, 15) is 24.6 Å². The molecule has 0 saturated carbocycles. The Morgan fingerprint density at radius 3 is 2.50 bits per heavy atom. The first-order valence-electron chi connectivity index (χ1n) is 9.78. The van der Waals surface area contributed by atoms with Gasteiger partial charge in [-0.15, -0.1) is 6.58 Å². The minimum atomic E-state index is -1.17. The molecule has 0 aromatic heterocycles. The number of allylic oxidation sites excluding steroid dienone is 1. The number of amides is 2. The average Bonchev–Trinajstić information content (AvgIpc) is 2.96. The van der Waals surface area contributed by atoms with E-state index in [-0.39, 0.29) is 18.9 Å². The fourth-order valence-corrected chi connectivity index (χ4v) is 3.27. The highest BCUT2D eigenvalue weighted by atomic mass is 16.6. The standard InChI is InChI=1S/C20H34N2O6/c1-6-7-8-9-10-13(2)16(21-19(27)28-20(3,4)5)17(24)22-12-14(23)11-15(22)18(25)26/h6,13-16,23H,1,7-12H2,2-5H3,(H,21,27)(H,25,26)/t13-,14-,15+,16+/m1/s1. The van der Waals surface area contributed by atoms with Crippen LogP contribution in [-0.4, -0.2) is 63.4 Å². The Morgan fingerprint density at radius 1 is 1.32 bits per heavy atom. The SMILES string of the molecule is C=CCCCC[C@@H](C)[C@H](NC(=O)OC(C)(C)C)C(=O)N1C[C@H](O)C[C@H]1C(=O)O. The van der Waals surface area contributed by atoms with Crippen LogP contribution in [0.25, 0.3) is 0 Å². The Morgan fingerprint density at radius 2 is 1.96 bits per heavy atom. The van der Waals surface area contributed by atoms with Gasteiger partial charge in [-0.2, -0.15) is 0 Å². The van der Waals surface area contributed by atoms with Crippen molar-refractivity contribution < 1.29 is 29.3 Å². The van der Waals surface area contributed by atoms with E-state index in [0.29, 0.717) is 6.42 Å². The summed E-state index contributed by atoms with van der Waals surface area (Å²) in [7, 11) is 0. The molecule has 0 radical (unpaired) electrons. The van der Waals surface area contributed by atoms with Crippen LogP contribution in [0, 0.1) is 5.92 Å². The van der Waals surface area contributed by atoms with Crippen LogP contribution in [0.3, 0.4) is 0 Å². The molecule has 0 aromatic carbocycles. The number of nitrogens with zero attached hydrogens (tertiary/aromatic N) is 1. The number of rotatable bonds is 9. The Hall–Kier alpha value is -2.09. The number of carbonyl (C=O) groups excluding carboxylic acids is 2. The quantitative estimate of drug-likeness (QED) is 0.405. The molecule has 4 atom stereocenters. The molecule has 1 aliphatic heterocycles. The molecule has 8 heteroatoms. The number of hydrogen-bond donors (Lipinski definition) is 3. The summed E-state index contributed by atoms with van der Waals surface area (Å²) in [4.78, 5) is 38.0. The molecule has 1 fully saturated rings. The predicted molar refractivity (Wildman–Crippen MR) is 105 cm³/mol. The van der Waals surface area contributed by atoms with Crippen LogP contribution in [0.5, 0.6) is 0 Å². The number of likely N-dealkylation sites (tertiary alicyclic amines) is 1. The van der Waals surface area contributed by atoms with Gasteiger partial charge in [-0.25, -0.2) is 9.59 Å². The summed E-state index contributed by atoms with van der Waals surface area (Å²) < 4.78 is 5.27. The number of aliphatic hydroxyl groups excluding tert-OH is 1. The maximum absolute atomic E-state index is 13.1. The van der Waals surface area contributed by atoms with Crippen LogP contribution in [0.4, 0.5) is 4.79 Å². The number of aliphatic carboxylic acids is 1. The number of ether oxygens (including phenoxy) is 1. The van der Waals surface area contributed by atoms with Crippen LogP contribution in [0.1, 0.15) is 59.8 Å². The fourth-order valence-electron chi connectivity index (χ4n) is 3.27. The van der Waals surface area contributed by atoms with Crippen molar-refractivity contribution in [1.82, 2.24) is 10.2 Å². The predicted octanol–water partition coefficient (Wildman–Crippen LogP) is 2.31. The lowest BCUT2D eigenvalue weighted by Crippen LogP contribution is -2.55. The third-order valence-corrected chi connectivity index (χ3v) is 4.67. The van der Waals surface area contributed by atoms with Crippen LogP contribution in [-0.2, 0) is 14.3 Å². The summed E-state index contributed by atoms with van der Waals surface area (Å²) in [5.41, 5.74) is -0.724. The molecule has 1 heterocycles. The van der Waals surface area contributed by atoms with Crippen molar-refractivity contribution >= 4 is 18.0 Å². The lowest BCUT2D eigenvalue weighted by atomic mass is 9.94. The van der Waals surface area contributed by atoms with E-state index in [1.165, 1.54) is 0 Å². The van der Waals surface area contributed by atoms with Crippen molar-refractivity contribution in [3.63, 3.8) is 0 Å². The van der Waals surface area contributed by atoms with Crippen molar-refractivity contribution in [2.75, 3.05) is 6.54 Å². The number of carboxylic acids is 1. The second-order valence-corrected chi connectivity index (χ2v) is 8.41. The first-order valence-corrected chi connectivity index (χ1v) is 9.78. The lowest BCUT2D eigenvalue weighted by molar-refractivity contribution is -0.149. The second-order valence-electron chi connectivity index (χ2n) is 8.41.